The van der Waals surface area contributed by atoms with Crippen LogP contribution in [0.1, 0.15) is 0 Å². The van der Waals surface area contributed by atoms with E-state index in [4.69, 9.17) is 5.73 Å². The van der Waals surface area contributed by atoms with Crippen LogP contribution in [0.15, 0.2) is 42.0 Å². The molecule has 2 heterocycles. The molecule has 74 valence electrons. The van der Waals surface area contributed by atoms with E-state index in [0.717, 1.165) is 21.9 Å². The molecule has 0 unspecified atom stereocenters. The van der Waals surface area contributed by atoms with Gasteiger partial charge in [-0.05, 0) is 17.7 Å². The van der Waals surface area contributed by atoms with Crippen LogP contribution in [0.2, 0.25) is 0 Å². The molecular formula is C11H9N3S. The quantitative estimate of drug-likeness (QED) is 0.634. The lowest BCUT2D eigenvalue weighted by Gasteiger charge is -1.99. The zero-order valence-corrected chi connectivity index (χ0v) is 8.74. The molecular weight excluding hydrogens is 206 g/mol. The fourth-order valence-electron chi connectivity index (χ4n) is 1.59. The molecule has 3 nitrogen and oxygen atoms in total. The second-order valence-electron chi connectivity index (χ2n) is 3.32. The van der Waals surface area contributed by atoms with Crippen LogP contribution < -0.4 is 5.73 Å². The summed E-state index contributed by atoms with van der Waals surface area (Å²) in [4.78, 5) is 5.25. The maximum atomic E-state index is 5.66. The number of thiazole rings is 1. The number of nitrogens with zero attached hydrogens (tertiary/aromatic N) is 2. The van der Waals surface area contributed by atoms with Gasteiger partial charge >= 0.3 is 0 Å². The van der Waals surface area contributed by atoms with Gasteiger partial charge in [0.2, 0.25) is 0 Å². The standard InChI is InChI=1S/C11H9N3S/c12-9-3-1-8(2-4-9)10-7-15-11-13-5-6-14(10)11/h1-7H,12H2. The molecule has 3 rings (SSSR count). The number of fused-ring (bicyclic) bond motifs is 1. The van der Waals surface area contributed by atoms with Crippen LogP contribution in [0, 0.1) is 0 Å². The van der Waals surface area contributed by atoms with Crippen LogP contribution in [0.4, 0.5) is 5.69 Å². The van der Waals surface area contributed by atoms with Gasteiger partial charge in [-0.25, -0.2) is 4.98 Å². The number of nitrogens with two attached hydrogens (primary N) is 1. The van der Waals surface area contributed by atoms with E-state index in [1.807, 2.05) is 36.7 Å². The molecule has 0 aliphatic carbocycles. The molecule has 0 saturated carbocycles. The molecule has 0 radical (unpaired) electrons. The van der Waals surface area contributed by atoms with Gasteiger partial charge in [-0.1, -0.05) is 12.1 Å². The highest BCUT2D eigenvalue weighted by molar-refractivity contribution is 7.15. The number of hydrogen-bond donors (Lipinski definition) is 1. The van der Waals surface area contributed by atoms with Crippen molar-refractivity contribution < 1.29 is 0 Å². The number of rotatable bonds is 1. The van der Waals surface area contributed by atoms with Gasteiger partial charge in [-0.3, -0.25) is 4.40 Å². The Morgan fingerprint density at radius 1 is 1.20 bits per heavy atom. The SMILES string of the molecule is Nc1ccc(-c2csc3nccn23)cc1. The lowest BCUT2D eigenvalue weighted by atomic mass is 10.1. The Balaban J connectivity index is 2.21. The minimum atomic E-state index is 0.788. The Bertz CT molecular complexity index is 592. The van der Waals surface area contributed by atoms with Crippen molar-refractivity contribution in [1.82, 2.24) is 9.38 Å². The molecule has 0 saturated heterocycles. The molecule has 4 heteroatoms. The average molecular weight is 215 g/mol. The monoisotopic (exact) mass is 215 g/mol. The second kappa shape index (κ2) is 3.10. The van der Waals surface area contributed by atoms with Crippen molar-refractivity contribution in [2.24, 2.45) is 0 Å². The summed E-state index contributed by atoms with van der Waals surface area (Å²) in [5.74, 6) is 0. The zero-order chi connectivity index (χ0) is 10.3. The highest BCUT2D eigenvalue weighted by Crippen LogP contribution is 2.25. The van der Waals surface area contributed by atoms with Gasteiger partial charge in [0.25, 0.3) is 0 Å². The summed E-state index contributed by atoms with van der Waals surface area (Å²) in [7, 11) is 0. The summed E-state index contributed by atoms with van der Waals surface area (Å²) in [6.45, 7) is 0. The zero-order valence-electron chi connectivity index (χ0n) is 7.92. The van der Waals surface area contributed by atoms with Crippen molar-refractivity contribution >= 4 is 22.0 Å². The number of imidazole rings is 1. The fraction of sp³-hybridized carbons (Fsp3) is 0. The normalized spacial score (nSPS) is 10.9. The predicted octanol–water partition coefficient (Wildman–Crippen LogP) is 2.65. The van der Waals surface area contributed by atoms with Crippen LogP contribution in [-0.2, 0) is 0 Å². The van der Waals surface area contributed by atoms with Crippen molar-refractivity contribution in [2.45, 2.75) is 0 Å². The van der Waals surface area contributed by atoms with E-state index >= 15 is 0 Å². The highest BCUT2D eigenvalue weighted by atomic mass is 32.1. The maximum Gasteiger partial charge on any atom is 0.194 e. The number of anilines is 1. The molecule has 15 heavy (non-hydrogen) atoms. The summed E-state index contributed by atoms with van der Waals surface area (Å²) >= 11 is 1.64. The Morgan fingerprint density at radius 2 is 2.00 bits per heavy atom. The van der Waals surface area contributed by atoms with E-state index in [1.54, 1.807) is 11.3 Å². The van der Waals surface area contributed by atoms with E-state index in [-0.39, 0.29) is 0 Å². The molecule has 3 aromatic rings. The second-order valence-corrected chi connectivity index (χ2v) is 4.16. The van der Waals surface area contributed by atoms with Crippen LogP contribution >= 0.6 is 11.3 Å². The topological polar surface area (TPSA) is 43.3 Å². The molecule has 0 aliphatic rings. The molecule has 0 spiro atoms. The van der Waals surface area contributed by atoms with Gasteiger partial charge in [-0.2, -0.15) is 0 Å². The van der Waals surface area contributed by atoms with Gasteiger partial charge < -0.3 is 5.73 Å². The van der Waals surface area contributed by atoms with Gasteiger partial charge in [0.05, 0.1) is 5.69 Å². The van der Waals surface area contributed by atoms with Gasteiger partial charge in [0.15, 0.2) is 4.96 Å². The van der Waals surface area contributed by atoms with Crippen LogP contribution in [0.25, 0.3) is 16.2 Å². The summed E-state index contributed by atoms with van der Waals surface area (Å²) in [5, 5.41) is 2.11. The van der Waals surface area contributed by atoms with Gasteiger partial charge in [0.1, 0.15) is 0 Å². The molecule has 2 aromatic heterocycles. The summed E-state index contributed by atoms with van der Waals surface area (Å²) in [6, 6.07) is 7.87. The molecule has 0 aliphatic heterocycles. The smallest absolute Gasteiger partial charge is 0.194 e. The Kier molecular flexibility index (Phi) is 1.76. The van der Waals surface area contributed by atoms with E-state index in [1.165, 1.54) is 0 Å². The third-order valence-corrected chi connectivity index (χ3v) is 3.20. The van der Waals surface area contributed by atoms with Crippen molar-refractivity contribution in [2.75, 3.05) is 5.73 Å². The molecule has 0 atom stereocenters. The molecule has 0 fully saturated rings. The summed E-state index contributed by atoms with van der Waals surface area (Å²) < 4.78 is 2.08. The summed E-state index contributed by atoms with van der Waals surface area (Å²) in [5.41, 5.74) is 8.76. The number of hydrogen-bond acceptors (Lipinski definition) is 3. The minimum absolute atomic E-state index is 0.788. The summed E-state index contributed by atoms with van der Waals surface area (Å²) in [6.07, 6.45) is 3.78. The van der Waals surface area contributed by atoms with Crippen LogP contribution in [-0.4, -0.2) is 9.38 Å². The Hall–Kier alpha value is -1.81. The largest absolute Gasteiger partial charge is 0.399 e. The molecule has 2 N–H and O–H groups in total. The van der Waals surface area contributed by atoms with E-state index < -0.39 is 0 Å². The molecule has 0 bridgehead atoms. The first kappa shape index (κ1) is 8.49. The van der Waals surface area contributed by atoms with Crippen molar-refractivity contribution in [1.29, 1.82) is 0 Å². The molecule has 1 aromatic carbocycles. The van der Waals surface area contributed by atoms with Gasteiger partial charge in [-0.15, -0.1) is 11.3 Å². The van der Waals surface area contributed by atoms with Crippen LogP contribution in [0.3, 0.4) is 0 Å². The first-order chi connectivity index (χ1) is 7.34. The predicted molar refractivity (Wildman–Crippen MR) is 62.9 cm³/mol. The lowest BCUT2D eigenvalue weighted by Crippen LogP contribution is -1.86. The third kappa shape index (κ3) is 1.30. The third-order valence-electron chi connectivity index (χ3n) is 2.35. The number of nitrogen functional groups attached to an aromatic ring is 1. The molecule has 0 amide bonds. The van der Waals surface area contributed by atoms with Gasteiger partial charge in [0, 0.05) is 23.5 Å². The van der Waals surface area contributed by atoms with Crippen molar-refractivity contribution in [3.05, 3.63) is 42.0 Å². The number of aromatic nitrogens is 2. The fourth-order valence-corrected chi connectivity index (χ4v) is 2.45. The Labute approximate surface area is 90.8 Å². The highest BCUT2D eigenvalue weighted by Gasteiger charge is 2.05. The van der Waals surface area contributed by atoms with E-state index in [0.29, 0.717) is 0 Å². The van der Waals surface area contributed by atoms with Crippen molar-refractivity contribution in [3.63, 3.8) is 0 Å². The number of benzene rings is 1. The van der Waals surface area contributed by atoms with E-state index in [2.05, 4.69) is 14.8 Å². The lowest BCUT2D eigenvalue weighted by molar-refractivity contribution is 1.24. The first-order valence-corrected chi connectivity index (χ1v) is 5.49. The minimum Gasteiger partial charge on any atom is -0.399 e. The maximum absolute atomic E-state index is 5.66. The van der Waals surface area contributed by atoms with E-state index in [9.17, 15) is 0 Å². The first-order valence-electron chi connectivity index (χ1n) is 4.61. The Morgan fingerprint density at radius 3 is 2.80 bits per heavy atom. The van der Waals surface area contributed by atoms with Crippen molar-refractivity contribution in [3.8, 4) is 11.3 Å². The van der Waals surface area contributed by atoms with Crippen LogP contribution in [0.5, 0.6) is 0 Å². The average Bonchev–Trinajstić information content (AvgIpc) is 2.80.